The van der Waals surface area contributed by atoms with Gasteiger partial charge in [-0.3, -0.25) is 9.59 Å². The van der Waals surface area contributed by atoms with Crippen molar-refractivity contribution in [3.63, 3.8) is 0 Å². The summed E-state index contributed by atoms with van der Waals surface area (Å²) in [6, 6.07) is 12.3. The molecule has 1 aliphatic rings. The van der Waals surface area contributed by atoms with Crippen molar-refractivity contribution in [1.82, 2.24) is 0 Å². The number of hydrogen-bond donors (Lipinski definition) is 1. The van der Waals surface area contributed by atoms with E-state index in [1.54, 1.807) is 18.2 Å². The Morgan fingerprint density at radius 3 is 2.54 bits per heavy atom. The van der Waals surface area contributed by atoms with Gasteiger partial charge in [-0.1, -0.05) is 35.9 Å². The average molecular weight is 374 g/mol. The molecule has 1 heterocycles. The number of carbonyl (C=O) groups is 2. The molecular weight excluding hydrogens is 354 g/mol. The number of fused-ring (bicyclic) bond motifs is 1. The lowest BCUT2D eigenvalue weighted by atomic mass is 9.90. The van der Waals surface area contributed by atoms with Gasteiger partial charge in [0, 0.05) is 12.0 Å². The first-order valence-corrected chi connectivity index (χ1v) is 8.79. The van der Waals surface area contributed by atoms with E-state index in [0.717, 1.165) is 11.3 Å². The fourth-order valence-corrected chi connectivity index (χ4v) is 3.56. The molecule has 3 rings (SSSR count). The minimum absolute atomic E-state index is 0.238. The van der Waals surface area contributed by atoms with Gasteiger partial charge in [-0.15, -0.1) is 0 Å². The number of anilines is 1. The summed E-state index contributed by atoms with van der Waals surface area (Å²) in [6.07, 6.45) is -0.279. The van der Waals surface area contributed by atoms with E-state index in [9.17, 15) is 14.7 Å². The summed E-state index contributed by atoms with van der Waals surface area (Å²) >= 11 is 6.32. The van der Waals surface area contributed by atoms with E-state index in [2.05, 4.69) is 0 Å². The lowest BCUT2D eigenvalue weighted by molar-refractivity contribution is -0.141. The van der Waals surface area contributed by atoms with Crippen LogP contribution < -0.4 is 9.64 Å². The number of ether oxygens (including phenoxy) is 1. The summed E-state index contributed by atoms with van der Waals surface area (Å²) < 4.78 is 5.43. The molecule has 0 bridgehead atoms. The Morgan fingerprint density at radius 1 is 1.23 bits per heavy atom. The van der Waals surface area contributed by atoms with Crippen molar-refractivity contribution in [2.45, 2.75) is 32.4 Å². The maximum Gasteiger partial charge on any atom is 0.264 e. The first-order valence-electron chi connectivity index (χ1n) is 8.41. The highest BCUT2D eigenvalue weighted by Crippen LogP contribution is 2.46. The van der Waals surface area contributed by atoms with Gasteiger partial charge in [0.1, 0.15) is 11.5 Å². The molecule has 0 saturated heterocycles. The van der Waals surface area contributed by atoms with E-state index < -0.39 is 11.5 Å². The normalized spacial score (nSPS) is 18.8. The Hall–Kier alpha value is -2.37. The quantitative estimate of drug-likeness (QED) is 0.842. The molecule has 0 aromatic heterocycles. The van der Waals surface area contributed by atoms with Gasteiger partial charge in [0.05, 0.1) is 23.9 Å². The van der Waals surface area contributed by atoms with E-state index in [4.69, 9.17) is 16.3 Å². The number of Topliss-reactive ketones (excluding diaryl/α,β-unsaturated/α-hetero) is 1. The zero-order chi connectivity index (χ0) is 18.9. The average Bonchev–Trinajstić information content (AvgIpc) is 2.79. The van der Waals surface area contributed by atoms with Gasteiger partial charge in [-0.2, -0.15) is 0 Å². The number of aliphatic hydroxyl groups is 1. The summed E-state index contributed by atoms with van der Waals surface area (Å²) in [6.45, 7) is 4.07. The van der Waals surface area contributed by atoms with E-state index >= 15 is 0 Å². The number of para-hydroxylation sites is 1. The van der Waals surface area contributed by atoms with Crippen LogP contribution in [0.25, 0.3) is 0 Å². The Kier molecular flexibility index (Phi) is 5.03. The van der Waals surface area contributed by atoms with Crippen molar-refractivity contribution in [3.05, 3.63) is 58.6 Å². The number of halogens is 1. The van der Waals surface area contributed by atoms with E-state index in [0.29, 0.717) is 22.9 Å². The largest absolute Gasteiger partial charge is 0.494 e. The summed E-state index contributed by atoms with van der Waals surface area (Å²) in [4.78, 5) is 26.1. The minimum Gasteiger partial charge on any atom is -0.494 e. The van der Waals surface area contributed by atoms with E-state index in [1.807, 2.05) is 31.2 Å². The number of ketones is 1. The molecule has 0 saturated carbocycles. The summed E-state index contributed by atoms with van der Waals surface area (Å²) in [5.41, 5.74) is -0.190. The van der Waals surface area contributed by atoms with Gasteiger partial charge in [-0.05, 0) is 37.6 Å². The molecule has 1 amide bonds. The van der Waals surface area contributed by atoms with Crippen molar-refractivity contribution in [1.29, 1.82) is 0 Å². The number of nitrogens with zero attached hydrogens (tertiary/aromatic N) is 1. The third-order valence-electron chi connectivity index (χ3n) is 4.38. The number of rotatable bonds is 6. The number of amides is 1. The third-order valence-corrected chi connectivity index (χ3v) is 4.69. The zero-order valence-corrected chi connectivity index (χ0v) is 15.4. The highest BCUT2D eigenvalue weighted by molar-refractivity contribution is 6.35. The van der Waals surface area contributed by atoms with Crippen LogP contribution in [-0.4, -0.2) is 23.4 Å². The Bertz CT molecular complexity index is 849. The first kappa shape index (κ1) is 18.4. The lowest BCUT2D eigenvalue weighted by Crippen LogP contribution is -2.41. The third kappa shape index (κ3) is 3.20. The van der Waals surface area contributed by atoms with Crippen molar-refractivity contribution < 1.29 is 19.4 Å². The molecule has 2 aromatic carbocycles. The highest BCUT2D eigenvalue weighted by Gasteiger charge is 2.51. The van der Waals surface area contributed by atoms with Crippen LogP contribution in [0.3, 0.4) is 0 Å². The monoisotopic (exact) mass is 373 g/mol. The molecular formula is C20H20ClNO4. The fourth-order valence-electron chi connectivity index (χ4n) is 3.29. The van der Waals surface area contributed by atoms with Crippen LogP contribution in [0, 0.1) is 0 Å². The lowest BCUT2D eigenvalue weighted by Gasteiger charge is -2.22. The molecule has 0 spiro atoms. The minimum atomic E-state index is -1.88. The van der Waals surface area contributed by atoms with Crippen LogP contribution >= 0.6 is 11.6 Å². The van der Waals surface area contributed by atoms with Gasteiger partial charge < -0.3 is 14.7 Å². The number of benzene rings is 2. The van der Waals surface area contributed by atoms with E-state index in [-0.39, 0.29) is 18.7 Å². The van der Waals surface area contributed by atoms with Crippen LogP contribution in [0.4, 0.5) is 5.69 Å². The molecule has 2 aromatic rings. The molecule has 0 radical (unpaired) electrons. The van der Waals surface area contributed by atoms with Gasteiger partial charge in [0.25, 0.3) is 5.91 Å². The van der Waals surface area contributed by atoms with Crippen LogP contribution in [0.15, 0.2) is 42.5 Å². The SMILES string of the molecule is CCOc1ccc(CN2C(=O)C(O)(CC(C)=O)c3cccc(Cl)c32)cc1. The standard InChI is InChI=1S/C20H20ClNO4/c1-3-26-15-9-7-14(8-10-15)12-22-18-16(5-4-6-17(18)21)20(25,19(22)24)11-13(2)23/h4-10,25H,3,11-12H2,1-2H3. The molecule has 1 unspecified atom stereocenters. The molecule has 0 aliphatic carbocycles. The van der Waals surface area contributed by atoms with Crippen LogP contribution in [0.5, 0.6) is 5.75 Å². The van der Waals surface area contributed by atoms with Crippen molar-refractivity contribution in [3.8, 4) is 5.75 Å². The molecule has 6 heteroatoms. The number of carbonyl (C=O) groups excluding carboxylic acids is 2. The maximum atomic E-state index is 13.0. The molecule has 1 atom stereocenters. The Balaban J connectivity index is 1.97. The van der Waals surface area contributed by atoms with Crippen molar-refractivity contribution >= 4 is 29.0 Å². The van der Waals surface area contributed by atoms with Crippen molar-refractivity contribution in [2.75, 3.05) is 11.5 Å². The Morgan fingerprint density at radius 2 is 1.92 bits per heavy atom. The van der Waals surface area contributed by atoms with Crippen LogP contribution in [-0.2, 0) is 21.7 Å². The van der Waals surface area contributed by atoms with Crippen LogP contribution in [0.1, 0.15) is 31.4 Å². The van der Waals surface area contributed by atoms with Crippen LogP contribution in [0.2, 0.25) is 5.02 Å². The highest BCUT2D eigenvalue weighted by atomic mass is 35.5. The molecule has 0 fully saturated rings. The molecule has 1 N–H and O–H groups in total. The smallest absolute Gasteiger partial charge is 0.264 e. The second-order valence-corrected chi connectivity index (χ2v) is 6.75. The van der Waals surface area contributed by atoms with Gasteiger partial charge in [0.15, 0.2) is 5.60 Å². The zero-order valence-electron chi connectivity index (χ0n) is 14.7. The molecule has 26 heavy (non-hydrogen) atoms. The van der Waals surface area contributed by atoms with Gasteiger partial charge >= 0.3 is 0 Å². The summed E-state index contributed by atoms with van der Waals surface area (Å²) in [5.74, 6) is -0.0603. The molecule has 1 aliphatic heterocycles. The molecule has 5 nitrogen and oxygen atoms in total. The second-order valence-electron chi connectivity index (χ2n) is 6.34. The van der Waals surface area contributed by atoms with Gasteiger partial charge in [0.2, 0.25) is 0 Å². The van der Waals surface area contributed by atoms with Gasteiger partial charge in [-0.25, -0.2) is 0 Å². The predicted octanol–water partition coefficient (Wildman–Crippen LogP) is 3.45. The molecule has 136 valence electrons. The Labute approximate surface area is 157 Å². The summed E-state index contributed by atoms with van der Waals surface area (Å²) in [7, 11) is 0. The van der Waals surface area contributed by atoms with E-state index in [1.165, 1.54) is 11.8 Å². The summed E-state index contributed by atoms with van der Waals surface area (Å²) in [5, 5.41) is 11.3. The predicted molar refractivity (Wildman–Crippen MR) is 99.4 cm³/mol. The second kappa shape index (κ2) is 7.09. The topological polar surface area (TPSA) is 66.8 Å². The first-order chi connectivity index (χ1) is 12.4. The number of hydrogen-bond acceptors (Lipinski definition) is 4. The van der Waals surface area contributed by atoms with Crippen molar-refractivity contribution in [2.24, 2.45) is 0 Å². The fraction of sp³-hybridized carbons (Fsp3) is 0.300. The maximum absolute atomic E-state index is 13.0.